The Hall–Kier alpha value is -5.37. The molecule has 60 heavy (non-hydrogen) atoms. The van der Waals surface area contributed by atoms with Crippen LogP contribution in [-0.4, -0.2) is 97.5 Å². The number of thioether (sulfide) groups is 1. The number of hydrogen-bond donors (Lipinski definition) is 3. The minimum absolute atomic E-state index is 0.0363. The molecule has 1 saturated heterocycles. The third kappa shape index (κ3) is 9.80. The van der Waals surface area contributed by atoms with Crippen LogP contribution >= 0.6 is 11.8 Å². The lowest BCUT2D eigenvalue weighted by atomic mass is 9.99. The first kappa shape index (κ1) is 44.2. The molecule has 0 aromatic carbocycles. The molecule has 8 bridgehead atoms. The Labute approximate surface area is 355 Å². The number of hydrogen-bond acceptors (Lipinski definition) is 9. The molecular weight excluding hydrogens is 779 g/mol. The SMILES string of the molecule is C=CC1=C(C)c2cc3[nH]c(cc4nc(cc5[nH]c(cc1n2)c(C)c5CCC(=O)CCCOCCOCCN1C(=O)CC(SCC)C1=O)C(CCC(=O)O)=C4C)c(C)c3C=C. The Kier molecular flexibility index (Phi) is 14.6. The number of H-pyrrole nitrogens is 2. The zero-order valence-corrected chi connectivity index (χ0v) is 36.1. The van der Waals surface area contributed by atoms with Crippen LogP contribution in [0.25, 0.3) is 50.4 Å². The average Bonchev–Trinajstić information content (AvgIpc) is 3.94. The highest BCUT2D eigenvalue weighted by molar-refractivity contribution is 8.00. The van der Waals surface area contributed by atoms with Gasteiger partial charge in [-0.25, -0.2) is 9.97 Å². The predicted molar refractivity (Wildman–Crippen MR) is 240 cm³/mol. The highest BCUT2D eigenvalue weighted by Gasteiger charge is 2.38. The molecule has 0 saturated carbocycles. The number of Topliss-reactive ketones (excluding diaryl/α,β-unsaturated/α-hetero) is 1. The molecule has 3 N–H and O–H groups in total. The van der Waals surface area contributed by atoms with Gasteiger partial charge in [-0.2, -0.15) is 0 Å². The lowest BCUT2D eigenvalue weighted by Gasteiger charge is -2.14. The number of carbonyl (C=O) groups excluding carboxylic acids is 3. The van der Waals surface area contributed by atoms with Gasteiger partial charge in [0.2, 0.25) is 11.8 Å². The number of aromatic nitrogens is 4. The zero-order valence-electron chi connectivity index (χ0n) is 35.3. The first-order chi connectivity index (χ1) is 28.8. The van der Waals surface area contributed by atoms with E-state index in [4.69, 9.17) is 19.4 Å². The van der Waals surface area contributed by atoms with E-state index in [1.807, 2.05) is 71.0 Å². The van der Waals surface area contributed by atoms with Crippen molar-refractivity contribution in [1.29, 1.82) is 0 Å². The van der Waals surface area contributed by atoms with Crippen molar-refractivity contribution >= 4 is 85.8 Å². The number of ether oxygens (including phenoxy) is 2. The van der Waals surface area contributed by atoms with Crippen molar-refractivity contribution in [2.45, 2.75) is 84.8 Å². The molecule has 6 rings (SSSR count). The average molecular weight is 834 g/mol. The van der Waals surface area contributed by atoms with Crippen LogP contribution in [0.1, 0.15) is 104 Å². The maximum atomic E-state index is 13.2. The van der Waals surface area contributed by atoms with Crippen molar-refractivity contribution in [2.24, 2.45) is 0 Å². The van der Waals surface area contributed by atoms with E-state index >= 15 is 0 Å². The number of rotatable bonds is 20. The molecule has 3 aliphatic rings. The molecule has 3 aromatic heterocycles. The topological polar surface area (TPSA) is 168 Å². The number of nitrogens with one attached hydrogen (secondary N) is 2. The van der Waals surface area contributed by atoms with Gasteiger partial charge in [0.1, 0.15) is 5.78 Å². The second-order valence-electron chi connectivity index (χ2n) is 15.2. The number of nitrogens with zero attached hydrogens (tertiary/aromatic N) is 3. The van der Waals surface area contributed by atoms with Crippen molar-refractivity contribution in [1.82, 2.24) is 24.8 Å². The van der Waals surface area contributed by atoms with Gasteiger partial charge in [-0.1, -0.05) is 32.2 Å². The summed E-state index contributed by atoms with van der Waals surface area (Å²) < 4.78 is 11.3. The molecular formula is C47H55N5O7S. The summed E-state index contributed by atoms with van der Waals surface area (Å²) in [5.74, 6) is -0.261. The quantitative estimate of drug-likeness (QED) is 0.0740. The third-order valence-electron chi connectivity index (χ3n) is 11.4. The van der Waals surface area contributed by atoms with Gasteiger partial charge in [0.05, 0.1) is 54.4 Å². The van der Waals surface area contributed by atoms with E-state index < -0.39 is 5.97 Å². The maximum absolute atomic E-state index is 13.2. The number of carboxylic acids is 1. The summed E-state index contributed by atoms with van der Waals surface area (Å²) in [4.78, 5) is 68.2. The number of likely N-dealkylation sites (tertiary alicyclic amines) is 1. The van der Waals surface area contributed by atoms with Crippen LogP contribution in [0.2, 0.25) is 0 Å². The summed E-state index contributed by atoms with van der Waals surface area (Å²) in [7, 11) is 0. The van der Waals surface area contributed by atoms with Crippen molar-refractivity contribution in [2.75, 3.05) is 38.7 Å². The molecule has 0 spiro atoms. The minimum atomic E-state index is -0.882. The van der Waals surface area contributed by atoms with Crippen LogP contribution in [0.3, 0.4) is 0 Å². The van der Waals surface area contributed by atoms with Gasteiger partial charge in [0.25, 0.3) is 0 Å². The first-order valence-corrected chi connectivity index (χ1v) is 21.7. The molecule has 316 valence electrons. The molecule has 6 heterocycles. The second-order valence-corrected chi connectivity index (χ2v) is 16.7. The number of aryl methyl sites for hydroxylation is 3. The normalized spacial score (nSPS) is 15.4. The Morgan fingerprint density at radius 1 is 0.817 bits per heavy atom. The summed E-state index contributed by atoms with van der Waals surface area (Å²) in [6.07, 6.45) is 5.95. The van der Waals surface area contributed by atoms with E-state index in [1.165, 1.54) is 16.7 Å². The Morgan fingerprint density at radius 3 is 2.18 bits per heavy atom. The number of carboxylic acid groups (broad SMARTS) is 1. The number of imide groups is 1. The van der Waals surface area contributed by atoms with E-state index in [2.05, 4.69) is 23.1 Å². The number of aliphatic carboxylic acids is 1. The zero-order chi connectivity index (χ0) is 43.1. The smallest absolute Gasteiger partial charge is 0.303 e. The minimum Gasteiger partial charge on any atom is -0.481 e. The van der Waals surface area contributed by atoms with E-state index in [-0.39, 0.29) is 48.8 Å². The summed E-state index contributed by atoms with van der Waals surface area (Å²) in [5.41, 5.74) is 14.1. The van der Waals surface area contributed by atoms with Gasteiger partial charge in [0, 0.05) is 65.5 Å². The number of allylic oxidation sites excluding steroid dienone is 5. The number of fused-ring (bicyclic) bond motifs is 8. The molecule has 1 atom stereocenters. The molecule has 2 amide bonds. The van der Waals surface area contributed by atoms with E-state index in [9.17, 15) is 24.3 Å². The summed E-state index contributed by atoms with van der Waals surface area (Å²) >= 11 is 1.50. The Bertz CT molecular complexity index is 2460. The van der Waals surface area contributed by atoms with Gasteiger partial charge in [-0.15, -0.1) is 11.8 Å². The van der Waals surface area contributed by atoms with Crippen LogP contribution in [0, 0.1) is 13.8 Å². The van der Waals surface area contributed by atoms with Gasteiger partial charge < -0.3 is 24.5 Å². The van der Waals surface area contributed by atoms with Crippen molar-refractivity contribution in [3.63, 3.8) is 0 Å². The van der Waals surface area contributed by atoms with Crippen LogP contribution in [-0.2, 0) is 35.1 Å². The number of ketones is 1. The fraction of sp³-hybridized carbons (Fsp3) is 0.404. The van der Waals surface area contributed by atoms with Gasteiger partial charge in [-0.3, -0.25) is 24.1 Å². The fourth-order valence-corrected chi connectivity index (χ4v) is 8.93. The van der Waals surface area contributed by atoms with E-state index in [0.717, 1.165) is 89.4 Å². The summed E-state index contributed by atoms with van der Waals surface area (Å²) in [5, 5.41) is 9.36. The highest BCUT2D eigenvalue weighted by atomic mass is 32.2. The van der Waals surface area contributed by atoms with Crippen LogP contribution in [0.15, 0.2) is 43.5 Å². The monoisotopic (exact) mass is 833 g/mol. The van der Waals surface area contributed by atoms with Gasteiger partial charge in [-0.05, 0) is 110 Å². The first-order valence-electron chi connectivity index (χ1n) is 20.6. The van der Waals surface area contributed by atoms with Crippen molar-refractivity contribution in [3.8, 4) is 0 Å². The van der Waals surface area contributed by atoms with Crippen molar-refractivity contribution < 1.29 is 33.8 Å². The molecule has 13 heteroatoms. The summed E-state index contributed by atoms with van der Waals surface area (Å²) in [6, 6.07) is 8.04. The van der Waals surface area contributed by atoms with Crippen molar-refractivity contribution in [3.05, 3.63) is 88.5 Å². The Balaban J connectivity index is 1.20. The molecule has 0 aliphatic carbocycles. The highest BCUT2D eigenvalue weighted by Crippen LogP contribution is 2.36. The van der Waals surface area contributed by atoms with Crippen LogP contribution < -0.4 is 0 Å². The molecule has 3 aliphatic heterocycles. The molecule has 1 unspecified atom stereocenters. The summed E-state index contributed by atoms with van der Waals surface area (Å²) in [6.45, 7) is 19.8. The maximum Gasteiger partial charge on any atom is 0.303 e. The number of aromatic amines is 2. The molecule has 1 fully saturated rings. The largest absolute Gasteiger partial charge is 0.481 e. The molecule has 12 nitrogen and oxygen atoms in total. The lowest BCUT2D eigenvalue weighted by molar-refractivity contribution is -0.139. The van der Waals surface area contributed by atoms with Crippen LogP contribution in [0.4, 0.5) is 0 Å². The molecule has 3 aromatic rings. The third-order valence-corrected chi connectivity index (χ3v) is 12.5. The Morgan fingerprint density at radius 2 is 1.47 bits per heavy atom. The second kappa shape index (κ2) is 19.8. The lowest BCUT2D eigenvalue weighted by Crippen LogP contribution is -2.34. The predicted octanol–water partition coefficient (Wildman–Crippen LogP) is 8.68. The number of amides is 2. The van der Waals surface area contributed by atoms with Crippen LogP contribution in [0.5, 0.6) is 0 Å². The number of carbonyl (C=O) groups is 4. The molecule has 0 radical (unpaired) electrons. The van der Waals surface area contributed by atoms with E-state index in [0.29, 0.717) is 57.6 Å². The van der Waals surface area contributed by atoms with Gasteiger partial charge in [0.15, 0.2) is 0 Å². The fourth-order valence-electron chi connectivity index (χ4n) is 8.00. The standard InChI is InChI=1S/C47H55N5O7S/c1-8-32-27(4)36-22-37-30(7)35(15-16-46(55)56)43(50-37)25-42-34(29(6)39(51-42)24-41-33(9-2)28(5)38(49-41)23-40(32)48-36)14-13-31(53)12-11-18-58-20-21-59-19-17-52-45(54)26-44(47(52)57)60-10-3/h8-9,22-25,44,48,51H,1-2,10-21,26H2,3-7H3,(H,55,56). The van der Waals surface area contributed by atoms with E-state index in [1.54, 1.807) is 0 Å². The van der Waals surface area contributed by atoms with Gasteiger partial charge >= 0.3 is 5.97 Å².